The second-order valence-corrected chi connectivity index (χ2v) is 4.95. The summed E-state index contributed by atoms with van der Waals surface area (Å²) in [5.74, 6) is 0.546. The Hall–Kier alpha value is -0.970. The van der Waals surface area contributed by atoms with Crippen molar-refractivity contribution in [1.29, 1.82) is 0 Å². The summed E-state index contributed by atoms with van der Waals surface area (Å²) >= 11 is 1.19. The Morgan fingerprint density at radius 3 is 2.65 bits per heavy atom. The molecule has 1 aromatic heterocycles. The summed E-state index contributed by atoms with van der Waals surface area (Å²) in [4.78, 5) is 12.6. The average Bonchev–Trinajstić information content (AvgIpc) is 2.79. The van der Waals surface area contributed by atoms with E-state index in [9.17, 15) is 4.79 Å². The van der Waals surface area contributed by atoms with Gasteiger partial charge in [0.1, 0.15) is 4.88 Å². The highest BCUT2D eigenvalue weighted by atomic mass is 32.1. The Kier molecular flexibility index (Phi) is 6.11. The minimum atomic E-state index is -0.0182. The summed E-state index contributed by atoms with van der Waals surface area (Å²) in [6, 6.07) is 0. The number of amides is 1. The monoisotopic (exact) mass is 255 g/mol. The van der Waals surface area contributed by atoms with Gasteiger partial charge in [-0.15, -0.1) is 5.10 Å². The average molecular weight is 255 g/mol. The summed E-state index contributed by atoms with van der Waals surface area (Å²) in [5.41, 5.74) is 0.833. The van der Waals surface area contributed by atoms with Crippen LogP contribution in [-0.2, 0) is 6.42 Å². The Morgan fingerprint density at radius 2 is 2.06 bits per heavy atom. The summed E-state index contributed by atoms with van der Waals surface area (Å²) in [7, 11) is 0. The summed E-state index contributed by atoms with van der Waals surface area (Å²) in [6.45, 7) is 7.12. The topological polar surface area (TPSA) is 54.9 Å². The van der Waals surface area contributed by atoms with Crippen LogP contribution < -0.4 is 5.32 Å². The van der Waals surface area contributed by atoms with Gasteiger partial charge >= 0.3 is 0 Å². The van der Waals surface area contributed by atoms with E-state index in [1.807, 2.05) is 0 Å². The Balaban J connectivity index is 2.54. The molecule has 1 aromatic rings. The molecular formula is C12H21N3OS. The molecule has 1 amide bonds. The third-order valence-corrected chi connectivity index (χ3v) is 3.72. The van der Waals surface area contributed by atoms with Gasteiger partial charge in [0.15, 0.2) is 0 Å². The Morgan fingerprint density at radius 1 is 1.35 bits per heavy atom. The number of hydrogen-bond acceptors (Lipinski definition) is 4. The second-order valence-electron chi connectivity index (χ2n) is 4.19. The summed E-state index contributed by atoms with van der Waals surface area (Å²) in [5, 5.41) is 6.98. The number of rotatable bonds is 7. The first-order chi connectivity index (χ1) is 8.22. The van der Waals surface area contributed by atoms with E-state index in [-0.39, 0.29) is 5.91 Å². The minimum Gasteiger partial charge on any atom is -0.351 e. The van der Waals surface area contributed by atoms with Gasteiger partial charge < -0.3 is 5.32 Å². The molecule has 0 spiro atoms. The van der Waals surface area contributed by atoms with Gasteiger partial charge in [0.05, 0.1) is 5.69 Å². The standard InChI is InChI=1S/C12H21N3OS/c1-4-7-10-11(17-15-14-10)12(16)13-8-9(5-2)6-3/h9H,4-8H2,1-3H3,(H,13,16). The zero-order valence-corrected chi connectivity index (χ0v) is 11.6. The van der Waals surface area contributed by atoms with Crippen LogP contribution in [0.5, 0.6) is 0 Å². The van der Waals surface area contributed by atoms with Gasteiger partial charge in [-0.3, -0.25) is 4.79 Å². The second kappa shape index (κ2) is 7.37. The van der Waals surface area contributed by atoms with Gasteiger partial charge in [0.2, 0.25) is 0 Å². The smallest absolute Gasteiger partial charge is 0.264 e. The summed E-state index contributed by atoms with van der Waals surface area (Å²) in [6.07, 6.45) is 4.00. The normalized spacial score (nSPS) is 10.8. The fraction of sp³-hybridized carbons (Fsp3) is 0.750. The lowest BCUT2D eigenvalue weighted by Crippen LogP contribution is -2.29. The first kappa shape index (κ1) is 14.1. The molecule has 0 saturated carbocycles. The van der Waals surface area contributed by atoms with Crippen LogP contribution in [0.4, 0.5) is 0 Å². The number of carbonyl (C=O) groups is 1. The van der Waals surface area contributed by atoms with Crippen molar-refractivity contribution >= 4 is 17.4 Å². The number of aryl methyl sites for hydroxylation is 1. The van der Waals surface area contributed by atoms with E-state index in [1.54, 1.807) is 0 Å². The molecule has 0 fully saturated rings. The first-order valence-electron chi connectivity index (χ1n) is 6.32. The highest BCUT2D eigenvalue weighted by Gasteiger charge is 2.16. The maximum absolute atomic E-state index is 12.0. The third-order valence-electron chi connectivity index (χ3n) is 2.95. The molecule has 0 aromatic carbocycles. The molecule has 4 nitrogen and oxygen atoms in total. The van der Waals surface area contributed by atoms with Crippen molar-refractivity contribution in [2.75, 3.05) is 6.54 Å². The molecule has 0 aliphatic rings. The van der Waals surface area contributed by atoms with E-state index in [1.165, 1.54) is 11.5 Å². The summed E-state index contributed by atoms with van der Waals surface area (Å²) < 4.78 is 3.86. The third kappa shape index (κ3) is 4.07. The van der Waals surface area contributed by atoms with Gasteiger partial charge in [-0.05, 0) is 23.9 Å². The van der Waals surface area contributed by atoms with Crippen molar-refractivity contribution in [2.45, 2.75) is 46.5 Å². The van der Waals surface area contributed by atoms with E-state index >= 15 is 0 Å². The molecule has 0 unspecified atom stereocenters. The molecule has 0 aliphatic heterocycles. The number of aromatic nitrogens is 2. The van der Waals surface area contributed by atoms with Crippen molar-refractivity contribution in [3.05, 3.63) is 10.6 Å². The van der Waals surface area contributed by atoms with Crippen LogP contribution in [0.1, 0.15) is 55.4 Å². The molecule has 5 heteroatoms. The number of nitrogens with one attached hydrogen (secondary N) is 1. The van der Waals surface area contributed by atoms with Crippen LogP contribution in [0.25, 0.3) is 0 Å². The van der Waals surface area contributed by atoms with Crippen molar-refractivity contribution in [3.63, 3.8) is 0 Å². The molecule has 1 heterocycles. The number of hydrogen-bond donors (Lipinski definition) is 1. The number of nitrogens with zero attached hydrogens (tertiary/aromatic N) is 2. The largest absolute Gasteiger partial charge is 0.351 e. The molecule has 1 rings (SSSR count). The zero-order valence-electron chi connectivity index (χ0n) is 10.8. The molecule has 0 atom stereocenters. The van der Waals surface area contributed by atoms with E-state index in [0.717, 1.165) is 37.9 Å². The molecule has 0 radical (unpaired) electrons. The van der Waals surface area contributed by atoms with Crippen LogP contribution in [0.2, 0.25) is 0 Å². The zero-order chi connectivity index (χ0) is 12.7. The highest BCUT2D eigenvalue weighted by Crippen LogP contribution is 2.13. The molecule has 1 N–H and O–H groups in total. The SMILES string of the molecule is CCCc1nnsc1C(=O)NCC(CC)CC. The molecular weight excluding hydrogens is 234 g/mol. The number of carbonyl (C=O) groups excluding carboxylic acids is 1. The molecule has 0 saturated heterocycles. The fourth-order valence-electron chi connectivity index (χ4n) is 1.68. The van der Waals surface area contributed by atoms with Crippen molar-refractivity contribution < 1.29 is 4.79 Å². The van der Waals surface area contributed by atoms with E-state index < -0.39 is 0 Å². The Labute approximate surface area is 107 Å². The fourth-order valence-corrected chi connectivity index (χ4v) is 2.30. The highest BCUT2D eigenvalue weighted by molar-refractivity contribution is 7.08. The molecule has 0 aliphatic carbocycles. The van der Waals surface area contributed by atoms with Gasteiger partial charge in [0.25, 0.3) is 5.91 Å². The van der Waals surface area contributed by atoms with E-state index in [2.05, 4.69) is 35.7 Å². The minimum absolute atomic E-state index is 0.0182. The maximum atomic E-state index is 12.0. The van der Waals surface area contributed by atoms with Gasteiger partial charge in [-0.25, -0.2) is 0 Å². The lowest BCUT2D eigenvalue weighted by Gasteiger charge is -2.12. The van der Waals surface area contributed by atoms with Crippen LogP contribution in [-0.4, -0.2) is 22.0 Å². The quantitative estimate of drug-likeness (QED) is 0.815. The predicted octanol–water partition coefficient (Wildman–Crippen LogP) is 2.66. The van der Waals surface area contributed by atoms with Crippen LogP contribution >= 0.6 is 11.5 Å². The maximum Gasteiger partial charge on any atom is 0.264 e. The van der Waals surface area contributed by atoms with Crippen molar-refractivity contribution in [1.82, 2.24) is 14.9 Å². The van der Waals surface area contributed by atoms with Crippen LogP contribution in [0, 0.1) is 5.92 Å². The van der Waals surface area contributed by atoms with E-state index in [0.29, 0.717) is 10.8 Å². The van der Waals surface area contributed by atoms with Crippen LogP contribution in [0.15, 0.2) is 0 Å². The lowest BCUT2D eigenvalue weighted by atomic mass is 10.0. The van der Waals surface area contributed by atoms with Crippen LogP contribution in [0.3, 0.4) is 0 Å². The molecule has 0 bridgehead atoms. The van der Waals surface area contributed by atoms with Gasteiger partial charge in [-0.1, -0.05) is 44.5 Å². The predicted molar refractivity (Wildman–Crippen MR) is 70.3 cm³/mol. The van der Waals surface area contributed by atoms with Gasteiger partial charge in [0, 0.05) is 6.54 Å². The van der Waals surface area contributed by atoms with E-state index in [4.69, 9.17) is 0 Å². The first-order valence-corrected chi connectivity index (χ1v) is 7.09. The lowest BCUT2D eigenvalue weighted by molar-refractivity contribution is 0.0949. The van der Waals surface area contributed by atoms with Crippen molar-refractivity contribution in [3.8, 4) is 0 Å². The van der Waals surface area contributed by atoms with Crippen molar-refractivity contribution in [2.24, 2.45) is 5.92 Å². The Bertz CT molecular complexity index is 347. The molecule has 96 valence electrons. The van der Waals surface area contributed by atoms with Gasteiger partial charge in [-0.2, -0.15) is 0 Å². The molecule has 17 heavy (non-hydrogen) atoms.